The first-order valence-electron chi connectivity index (χ1n) is 5.84. The molecule has 0 spiro atoms. The van der Waals surface area contributed by atoms with Crippen molar-refractivity contribution in [2.75, 3.05) is 18.0 Å². The van der Waals surface area contributed by atoms with Crippen LogP contribution >= 0.6 is 0 Å². The van der Waals surface area contributed by atoms with Gasteiger partial charge in [0, 0.05) is 25.7 Å². The number of aryl methyl sites for hydroxylation is 2. The molecule has 0 unspecified atom stereocenters. The van der Waals surface area contributed by atoms with Crippen LogP contribution in [0.5, 0.6) is 0 Å². The van der Waals surface area contributed by atoms with E-state index in [2.05, 4.69) is 5.10 Å². The molecular weight excluding hydrogens is 259 g/mol. The Morgan fingerprint density at radius 3 is 2.58 bits per heavy atom. The predicted octanol–water partition coefficient (Wildman–Crippen LogP) is 2.24. The standard InChI is InChI=1S/C12H14F3N3O/c1-8-10(7-19)11(17(2)16-8)18-5-3-9(4-6-18)12(13,14)15/h3,7H,4-6H2,1-2H3. The molecule has 0 bridgehead atoms. The number of anilines is 1. The predicted molar refractivity (Wildman–Crippen MR) is 64.3 cm³/mol. The number of nitrogens with zero attached hydrogens (tertiary/aromatic N) is 3. The molecule has 1 aliphatic heterocycles. The van der Waals surface area contributed by atoms with Gasteiger partial charge in [-0.3, -0.25) is 9.48 Å². The van der Waals surface area contributed by atoms with Gasteiger partial charge in [0.05, 0.1) is 11.3 Å². The van der Waals surface area contributed by atoms with Crippen LogP contribution in [0.15, 0.2) is 11.6 Å². The first kappa shape index (κ1) is 13.6. The van der Waals surface area contributed by atoms with E-state index in [4.69, 9.17) is 0 Å². The highest BCUT2D eigenvalue weighted by Gasteiger charge is 2.35. The Labute approximate surface area is 108 Å². The summed E-state index contributed by atoms with van der Waals surface area (Å²) in [5, 5.41) is 4.13. The molecule has 104 valence electrons. The summed E-state index contributed by atoms with van der Waals surface area (Å²) < 4.78 is 39.2. The van der Waals surface area contributed by atoms with Gasteiger partial charge in [0.1, 0.15) is 5.82 Å². The van der Waals surface area contributed by atoms with Crippen LogP contribution in [0, 0.1) is 6.92 Å². The maximum Gasteiger partial charge on any atom is 0.412 e. The van der Waals surface area contributed by atoms with Crippen molar-refractivity contribution < 1.29 is 18.0 Å². The minimum atomic E-state index is -4.26. The van der Waals surface area contributed by atoms with E-state index in [1.807, 2.05) is 0 Å². The van der Waals surface area contributed by atoms with E-state index in [0.717, 1.165) is 0 Å². The lowest BCUT2D eigenvalue weighted by Crippen LogP contribution is -2.33. The van der Waals surface area contributed by atoms with Crippen LogP contribution < -0.4 is 4.90 Å². The molecule has 2 heterocycles. The van der Waals surface area contributed by atoms with Crippen molar-refractivity contribution in [1.29, 1.82) is 0 Å². The number of carbonyl (C=O) groups excluding carboxylic acids is 1. The second kappa shape index (κ2) is 4.71. The van der Waals surface area contributed by atoms with Gasteiger partial charge < -0.3 is 4.90 Å². The monoisotopic (exact) mass is 273 g/mol. The Bertz CT molecular complexity index is 531. The van der Waals surface area contributed by atoms with E-state index in [9.17, 15) is 18.0 Å². The molecule has 19 heavy (non-hydrogen) atoms. The molecule has 1 aromatic rings. The minimum absolute atomic E-state index is 0.0774. The van der Waals surface area contributed by atoms with Crippen molar-refractivity contribution in [2.24, 2.45) is 7.05 Å². The summed E-state index contributed by atoms with van der Waals surface area (Å²) in [5.41, 5.74) is 0.514. The Balaban J connectivity index is 2.28. The number of rotatable bonds is 2. The van der Waals surface area contributed by atoms with Gasteiger partial charge in [0.2, 0.25) is 0 Å². The van der Waals surface area contributed by atoms with Crippen molar-refractivity contribution in [3.05, 3.63) is 22.9 Å². The summed E-state index contributed by atoms with van der Waals surface area (Å²) in [5.74, 6) is 0.574. The van der Waals surface area contributed by atoms with Gasteiger partial charge in [-0.1, -0.05) is 6.08 Å². The van der Waals surface area contributed by atoms with Crippen molar-refractivity contribution >= 4 is 12.1 Å². The van der Waals surface area contributed by atoms with Crippen LogP contribution in [0.25, 0.3) is 0 Å². The van der Waals surface area contributed by atoms with Gasteiger partial charge in [-0.15, -0.1) is 0 Å². The molecule has 0 saturated carbocycles. The third kappa shape index (κ3) is 2.50. The molecule has 0 atom stereocenters. The zero-order valence-corrected chi connectivity index (χ0v) is 10.7. The highest BCUT2D eigenvalue weighted by molar-refractivity contribution is 5.84. The summed E-state index contributed by atoms with van der Waals surface area (Å²) in [6.45, 7) is 2.06. The maximum atomic E-state index is 12.5. The number of halogens is 3. The summed E-state index contributed by atoms with van der Waals surface area (Å²) in [4.78, 5) is 12.8. The first-order chi connectivity index (χ1) is 8.84. The first-order valence-corrected chi connectivity index (χ1v) is 5.84. The average Bonchev–Trinajstić information content (AvgIpc) is 2.62. The van der Waals surface area contributed by atoms with Crippen molar-refractivity contribution in [2.45, 2.75) is 19.5 Å². The van der Waals surface area contributed by atoms with Gasteiger partial charge in [0.15, 0.2) is 6.29 Å². The van der Waals surface area contributed by atoms with Gasteiger partial charge in [0.25, 0.3) is 0 Å². The number of aromatic nitrogens is 2. The molecule has 0 N–H and O–H groups in total. The van der Waals surface area contributed by atoms with E-state index in [1.165, 1.54) is 10.8 Å². The highest BCUT2D eigenvalue weighted by atomic mass is 19.4. The quantitative estimate of drug-likeness (QED) is 0.612. The second-order valence-electron chi connectivity index (χ2n) is 4.49. The SMILES string of the molecule is Cc1nn(C)c(N2CC=C(C(F)(F)F)CC2)c1C=O. The van der Waals surface area contributed by atoms with Crippen LogP contribution in [0.4, 0.5) is 19.0 Å². The fourth-order valence-electron chi connectivity index (χ4n) is 2.29. The smallest absolute Gasteiger partial charge is 0.352 e. The molecule has 0 saturated heterocycles. The Hall–Kier alpha value is -1.79. The lowest BCUT2D eigenvalue weighted by molar-refractivity contribution is -0.0944. The number of aldehydes is 1. The van der Waals surface area contributed by atoms with E-state index in [1.54, 1.807) is 18.9 Å². The average molecular weight is 273 g/mol. The second-order valence-corrected chi connectivity index (χ2v) is 4.49. The van der Waals surface area contributed by atoms with Crippen molar-refractivity contribution in [3.63, 3.8) is 0 Å². The lowest BCUT2D eigenvalue weighted by atomic mass is 10.1. The minimum Gasteiger partial charge on any atom is -0.352 e. The third-order valence-electron chi connectivity index (χ3n) is 3.23. The van der Waals surface area contributed by atoms with Crippen LogP contribution in [0.3, 0.4) is 0 Å². The van der Waals surface area contributed by atoms with Crippen LogP contribution in [-0.2, 0) is 7.05 Å². The molecule has 0 radical (unpaired) electrons. The Morgan fingerprint density at radius 1 is 1.42 bits per heavy atom. The molecule has 1 aliphatic rings. The van der Waals surface area contributed by atoms with E-state index in [-0.39, 0.29) is 19.5 Å². The summed E-state index contributed by atoms with van der Waals surface area (Å²) >= 11 is 0. The number of alkyl halides is 3. The molecule has 4 nitrogen and oxygen atoms in total. The van der Waals surface area contributed by atoms with Crippen molar-refractivity contribution in [3.8, 4) is 0 Å². The van der Waals surface area contributed by atoms with E-state index in [0.29, 0.717) is 23.4 Å². The van der Waals surface area contributed by atoms with Crippen molar-refractivity contribution in [1.82, 2.24) is 9.78 Å². The number of carbonyl (C=O) groups is 1. The Kier molecular flexibility index (Phi) is 3.38. The molecule has 7 heteroatoms. The summed E-state index contributed by atoms with van der Waals surface area (Å²) in [6, 6.07) is 0. The van der Waals surface area contributed by atoms with Crippen LogP contribution in [-0.4, -0.2) is 35.3 Å². The van der Waals surface area contributed by atoms with Crippen LogP contribution in [0.1, 0.15) is 22.5 Å². The fourth-order valence-corrected chi connectivity index (χ4v) is 2.29. The molecular formula is C12H14F3N3O. The van der Waals surface area contributed by atoms with E-state index < -0.39 is 11.7 Å². The van der Waals surface area contributed by atoms with Gasteiger partial charge in [-0.2, -0.15) is 18.3 Å². The van der Waals surface area contributed by atoms with Crippen LogP contribution in [0.2, 0.25) is 0 Å². The molecule has 0 fully saturated rings. The molecule has 0 amide bonds. The van der Waals surface area contributed by atoms with Gasteiger partial charge in [-0.25, -0.2) is 0 Å². The summed E-state index contributed by atoms with van der Waals surface area (Å²) in [6.07, 6.45) is -2.48. The number of hydrogen-bond donors (Lipinski definition) is 0. The molecule has 0 aromatic carbocycles. The van der Waals surface area contributed by atoms with E-state index >= 15 is 0 Å². The largest absolute Gasteiger partial charge is 0.412 e. The van der Waals surface area contributed by atoms with Gasteiger partial charge in [-0.05, 0) is 13.3 Å². The number of hydrogen-bond acceptors (Lipinski definition) is 3. The lowest BCUT2D eigenvalue weighted by Gasteiger charge is -2.29. The molecule has 0 aliphatic carbocycles. The summed E-state index contributed by atoms with van der Waals surface area (Å²) in [7, 11) is 1.68. The fraction of sp³-hybridized carbons (Fsp3) is 0.500. The maximum absolute atomic E-state index is 12.5. The normalized spacial score (nSPS) is 16.5. The highest BCUT2D eigenvalue weighted by Crippen LogP contribution is 2.32. The topological polar surface area (TPSA) is 38.1 Å². The molecule has 2 rings (SSSR count). The third-order valence-corrected chi connectivity index (χ3v) is 3.23. The molecule has 1 aromatic heterocycles. The zero-order chi connectivity index (χ0) is 14.2. The zero-order valence-electron chi connectivity index (χ0n) is 10.7. The van der Waals surface area contributed by atoms with Gasteiger partial charge >= 0.3 is 6.18 Å². The Morgan fingerprint density at radius 2 is 2.11 bits per heavy atom.